The molecule has 5 heteroatoms. The predicted octanol–water partition coefficient (Wildman–Crippen LogP) is 2.11. The zero-order valence-electron chi connectivity index (χ0n) is 12.2. The number of hydrogen-bond donors (Lipinski definition) is 2. The average Bonchev–Trinajstić information content (AvgIpc) is 2.81. The Kier molecular flexibility index (Phi) is 5.09. The minimum absolute atomic E-state index is 0.245. The van der Waals surface area contributed by atoms with Crippen molar-refractivity contribution in [2.24, 2.45) is 0 Å². The highest BCUT2D eigenvalue weighted by atomic mass is 32.2. The lowest BCUT2D eigenvalue weighted by atomic mass is 10.1. The van der Waals surface area contributed by atoms with Gasteiger partial charge in [0.15, 0.2) is 0 Å². The van der Waals surface area contributed by atoms with Crippen molar-refractivity contribution in [1.29, 1.82) is 0 Å². The number of nitrogens with one attached hydrogen (secondary N) is 2. The number of aromatic nitrogens is 1. The molecule has 0 aliphatic carbocycles. The van der Waals surface area contributed by atoms with E-state index in [9.17, 15) is 4.79 Å². The van der Waals surface area contributed by atoms with Gasteiger partial charge < -0.3 is 14.6 Å². The van der Waals surface area contributed by atoms with E-state index in [1.807, 2.05) is 31.3 Å². The van der Waals surface area contributed by atoms with Crippen LogP contribution in [0.4, 0.5) is 4.79 Å². The number of ether oxygens (including phenoxy) is 1. The first-order chi connectivity index (χ1) is 9.61. The largest absolute Gasteiger partial charge is 0.418 e. The molecule has 0 radical (unpaired) electrons. The van der Waals surface area contributed by atoms with Gasteiger partial charge in [-0.2, -0.15) is 0 Å². The maximum Gasteiger partial charge on any atom is 0.372 e. The first-order valence-electron chi connectivity index (χ1n) is 6.84. The van der Waals surface area contributed by atoms with Crippen molar-refractivity contribution in [3.8, 4) is 5.75 Å². The van der Waals surface area contributed by atoms with Gasteiger partial charge in [0.2, 0.25) is 0 Å². The number of likely N-dealkylation sites (N-methyl/N-ethyl adjacent to an activating group) is 1. The Morgan fingerprint density at radius 3 is 2.90 bits per heavy atom. The van der Waals surface area contributed by atoms with Crippen molar-refractivity contribution in [3.63, 3.8) is 0 Å². The molecular formula is C15H21N2O2S+. The fraction of sp³-hybridized carbons (Fsp3) is 0.400. The van der Waals surface area contributed by atoms with Gasteiger partial charge in [0.25, 0.3) is 0 Å². The van der Waals surface area contributed by atoms with Crippen LogP contribution in [-0.2, 0) is 6.42 Å². The van der Waals surface area contributed by atoms with Crippen LogP contribution in [0.25, 0.3) is 10.9 Å². The Morgan fingerprint density at radius 2 is 2.20 bits per heavy atom. The Hall–Kier alpha value is -1.46. The molecule has 0 amide bonds. The minimum Gasteiger partial charge on any atom is -0.418 e. The van der Waals surface area contributed by atoms with Crippen LogP contribution in [0.1, 0.15) is 12.5 Å². The molecule has 0 atom stereocenters. The van der Waals surface area contributed by atoms with Crippen molar-refractivity contribution in [2.45, 2.75) is 13.3 Å². The van der Waals surface area contributed by atoms with Gasteiger partial charge in [0.1, 0.15) is 5.75 Å². The van der Waals surface area contributed by atoms with Crippen LogP contribution in [0, 0.1) is 0 Å². The number of fused-ring (bicyclic) bond motifs is 1. The quantitative estimate of drug-likeness (QED) is 0.830. The predicted molar refractivity (Wildman–Crippen MR) is 83.8 cm³/mol. The van der Waals surface area contributed by atoms with Crippen molar-refractivity contribution in [3.05, 3.63) is 30.0 Å². The van der Waals surface area contributed by atoms with Crippen LogP contribution >= 0.6 is 11.8 Å². The van der Waals surface area contributed by atoms with Crippen LogP contribution in [0.15, 0.2) is 24.4 Å². The molecule has 0 spiro atoms. The molecule has 2 rings (SSSR count). The molecule has 1 aromatic heterocycles. The molecule has 2 N–H and O–H groups in total. The van der Waals surface area contributed by atoms with Gasteiger partial charge in [-0.15, -0.1) is 0 Å². The van der Waals surface area contributed by atoms with E-state index in [0.717, 1.165) is 29.6 Å². The van der Waals surface area contributed by atoms with Crippen molar-refractivity contribution in [2.75, 3.05) is 26.4 Å². The second-order valence-electron chi connectivity index (χ2n) is 4.98. The van der Waals surface area contributed by atoms with E-state index < -0.39 is 0 Å². The maximum atomic E-state index is 11.7. The number of hydrogen-bond acceptors (Lipinski definition) is 3. The molecular weight excluding hydrogens is 272 g/mol. The molecule has 2 aromatic rings. The topological polar surface area (TPSA) is 46.5 Å². The summed E-state index contributed by atoms with van der Waals surface area (Å²) < 4.78 is 5.47. The Balaban J connectivity index is 2.29. The van der Waals surface area contributed by atoms with E-state index in [0.29, 0.717) is 5.75 Å². The maximum absolute atomic E-state index is 11.7. The van der Waals surface area contributed by atoms with E-state index in [4.69, 9.17) is 4.74 Å². The number of thioether (sulfide) groups is 1. The van der Waals surface area contributed by atoms with Crippen LogP contribution in [-0.4, -0.2) is 36.7 Å². The van der Waals surface area contributed by atoms with Gasteiger partial charge in [0.05, 0.1) is 20.6 Å². The summed E-state index contributed by atoms with van der Waals surface area (Å²) in [6.07, 6.45) is 2.97. The van der Waals surface area contributed by atoms with Gasteiger partial charge >= 0.3 is 5.30 Å². The zero-order chi connectivity index (χ0) is 14.5. The van der Waals surface area contributed by atoms with Crippen LogP contribution < -0.4 is 9.64 Å². The molecule has 0 unspecified atom stereocenters. The molecule has 0 aliphatic rings. The number of benzene rings is 1. The Morgan fingerprint density at radius 1 is 1.40 bits per heavy atom. The summed E-state index contributed by atoms with van der Waals surface area (Å²) in [6.45, 7) is 2.98. The SMILES string of the molecule is CCSC(=O)Oc1cccc2[nH]cc(CC[NH+](C)C)c12. The smallest absolute Gasteiger partial charge is 0.372 e. The van der Waals surface area contributed by atoms with Crippen LogP contribution in [0.3, 0.4) is 0 Å². The first kappa shape index (κ1) is 14.9. The van der Waals surface area contributed by atoms with E-state index >= 15 is 0 Å². The summed E-state index contributed by atoms with van der Waals surface area (Å²) in [5.41, 5.74) is 2.21. The van der Waals surface area contributed by atoms with Crippen LogP contribution in [0.2, 0.25) is 0 Å². The number of H-pyrrole nitrogens is 1. The van der Waals surface area contributed by atoms with Gasteiger partial charge in [-0.1, -0.05) is 13.0 Å². The summed E-state index contributed by atoms with van der Waals surface area (Å²) in [6, 6.07) is 5.76. The second kappa shape index (κ2) is 6.81. The normalized spacial score (nSPS) is 11.2. The first-order valence-corrected chi connectivity index (χ1v) is 7.83. The monoisotopic (exact) mass is 293 g/mol. The average molecular weight is 293 g/mol. The molecule has 0 saturated carbocycles. The molecule has 0 bridgehead atoms. The highest BCUT2D eigenvalue weighted by Crippen LogP contribution is 2.30. The zero-order valence-corrected chi connectivity index (χ0v) is 13.0. The standard InChI is InChI=1S/C15H20N2O2S/c1-4-20-15(18)19-13-7-5-6-12-14(13)11(10-16-12)8-9-17(2)3/h5-7,10,16H,4,8-9H2,1-3H3/p+1. The third kappa shape index (κ3) is 3.55. The number of carbonyl (C=O) groups is 1. The van der Waals surface area contributed by atoms with E-state index in [2.05, 4.69) is 19.1 Å². The third-order valence-electron chi connectivity index (χ3n) is 3.10. The molecule has 0 saturated heterocycles. The lowest BCUT2D eigenvalue weighted by Gasteiger charge is -2.08. The van der Waals surface area contributed by atoms with Gasteiger partial charge in [-0.25, -0.2) is 4.79 Å². The highest BCUT2D eigenvalue weighted by molar-refractivity contribution is 8.13. The molecule has 20 heavy (non-hydrogen) atoms. The molecule has 0 fully saturated rings. The molecule has 4 nitrogen and oxygen atoms in total. The van der Waals surface area contributed by atoms with E-state index in [-0.39, 0.29) is 5.30 Å². The fourth-order valence-corrected chi connectivity index (χ4v) is 2.51. The van der Waals surface area contributed by atoms with Gasteiger partial charge in [-0.3, -0.25) is 0 Å². The Labute approximate surface area is 123 Å². The fourth-order valence-electron chi connectivity index (χ4n) is 2.12. The summed E-state index contributed by atoms with van der Waals surface area (Å²) in [7, 11) is 4.27. The lowest BCUT2D eigenvalue weighted by Crippen LogP contribution is -3.05. The molecule has 1 heterocycles. The number of aromatic amines is 1. The van der Waals surface area contributed by atoms with E-state index in [1.54, 1.807) is 0 Å². The van der Waals surface area contributed by atoms with Crippen molar-refractivity contribution >= 4 is 28.0 Å². The van der Waals surface area contributed by atoms with Crippen molar-refractivity contribution in [1.82, 2.24) is 4.98 Å². The van der Waals surface area contributed by atoms with E-state index in [1.165, 1.54) is 22.2 Å². The number of rotatable bonds is 5. The van der Waals surface area contributed by atoms with Gasteiger partial charge in [0, 0.05) is 29.3 Å². The summed E-state index contributed by atoms with van der Waals surface area (Å²) >= 11 is 1.19. The summed E-state index contributed by atoms with van der Waals surface area (Å²) in [5, 5.41) is 0.782. The van der Waals surface area contributed by atoms with Crippen molar-refractivity contribution < 1.29 is 14.4 Å². The minimum atomic E-state index is -0.245. The third-order valence-corrected chi connectivity index (χ3v) is 3.71. The molecule has 1 aromatic carbocycles. The van der Waals surface area contributed by atoms with Gasteiger partial charge in [-0.05, 0) is 29.5 Å². The summed E-state index contributed by atoms with van der Waals surface area (Å²) in [5.74, 6) is 1.37. The lowest BCUT2D eigenvalue weighted by molar-refractivity contribution is -0.858. The number of quaternary nitrogens is 1. The summed E-state index contributed by atoms with van der Waals surface area (Å²) in [4.78, 5) is 16.3. The second-order valence-corrected chi connectivity index (χ2v) is 6.18. The molecule has 108 valence electrons. The molecule has 0 aliphatic heterocycles. The Bertz CT molecular complexity index is 593. The highest BCUT2D eigenvalue weighted by Gasteiger charge is 2.13. The van der Waals surface area contributed by atoms with Crippen LogP contribution in [0.5, 0.6) is 5.75 Å². The number of carbonyl (C=O) groups excluding carboxylic acids is 1.